The van der Waals surface area contributed by atoms with Crippen LogP contribution in [0.2, 0.25) is 5.02 Å². The standard InChI is InChI=1S/C23H31ClN4O/c24-20-13-19(22-18(21(20)25)6-3-11-29-22)23-26-14-16(27-23)12-15-7-9-28(10-8-15)17-4-1-2-5-17/h13-15,17H,1-12,25H2,(H,26,27). The molecule has 0 atom stereocenters. The Morgan fingerprint density at radius 3 is 2.76 bits per heavy atom. The fourth-order valence-electron chi connectivity index (χ4n) is 5.41. The molecule has 3 N–H and O–H groups in total. The molecule has 6 heteroatoms. The third-order valence-electron chi connectivity index (χ3n) is 7.07. The number of halogens is 1. The van der Waals surface area contributed by atoms with Gasteiger partial charge in [0.15, 0.2) is 0 Å². The minimum Gasteiger partial charge on any atom is -0.492 e. The first-order valence-electron chi connectivity index (χ1n) is 11.2. The van der Waals surface area contributed by atoms with Crippen molar-refractivity contribution in [1.29, 1.82) is 0 Å². The van der Waals surface area contributed by atoms with E-state index in [1.165, 1.54) is 57.3 Å². The number of benzene rings is 1. The molecule has 0 unspecified atom stereocenters. The van der Waals surface area contributed by atoms with Crippen molar-refractivity contribution in [2.45, 2.75) is 63.8 Å². The van der Waals surface area contributed by atoms with Crippen LogP contribution in [-0.2, 0) is 12.8 Å². The van der Waals surface area contributed by atoms with E-state index in [1.54, 1.807) is 0 Å². The minimum atomic E-state index is 0.585. The molecule has 0 spiro atoms. The fourth-order valence-corrected chi connectivity index (χ4v) is 5.64. The molecule has 0 amide bonds. The van der Waals surface area contributed by atoms with Crippen LogP contribution in [0.3, 0.4) is 0 Å². The smallest absolute Gasteiger partial charge is 0.141 e. The first kappa shape index (κ1) is 19.3. The van der Waals surface area contributed by atoms with Crippen LogP contribution in [0, 0.1) is 5.92 Å². The SMILES string of the molecule is Nc1c(Cl)cc(-c2ncc(CC3CCN(C4CCCC4)CC3)[nH]2)c2c1CCCO2. The third-order valence-corrected chi connectivity index (χ3v) is 7.38. The Kier molecular flexibility index (Phi) is 5.44. The number of imidazole rings is 1. The lowest BCUT2D eigenvalue weighted by atomic mass is 9.91. The molecule has 2 aliphatic heterocycles. The van der Waals surface area contributed by atoms with Crippen molar-refractivity contribution in [3.63, 3.8) is 0 Å². The average molecular weight is 415 g/mol. The molecule has 156 valence electrons. The minimum absolute atomic E-state index is 0.585. The molecule has 5 rings (SSSR count). The van der Waals surface area contributed by atoms with Crippen LogP contribution in [0.1, 0.15) is 56.2 Å². The Balaban J connectivity index is 1.28. The lowest BCUT2D eigenvalue weighted by Crippen LogP contribution is -2.40. The molecule has 29 heavy (non-hydrogen) atoms. The summed E-state index contributed by atoms with van der Waals surface area (Å²) in [6.07, 6.45) is 13.2. The van der Waals surface area contributed by atoms with Crippen LogP contribution in [0.5, 0.6) is 5.75 Å². The zero-order valence-electron chi connectivity index (χ0n) is 17.1. The molecule has 2 fully saturated rings. The molecule has 0 bridgehead atoms. The Morgan fingerprint density at radius 1 is 1.17 bits per heavy atom. The van der Waals surface area contributed by atoms with Gasteiger partial charge in [-0.3, -0.25) is 0 Å². The number of nitrogen functional groups attached to an aromatic ring is 1. The second-order valence-corrected chi connectivity index (χ2v) is 9.37. The zero-order chi connectivity index (χ0) is 19.8. The van der Waals surface area contributed by atoms with Gasteiger partial charge in [0.25, 0.3) is 0 Å². The van der Waals surface area contributed by atoms with Crippen LogP contribution in [0.15, 0.2) is 12.3 Å². The number of piperidine rings is 1. The molecule has 3 heterocycles. The van der Waals surface area contributed by atoms with Gasteiger partial charge >= 0.3 is 0 Å². The summed E-state index contributed by atoms with van der Waals surface area (Å²) in [4.78, 5) is 10.9. The molecular weight excluding hydrogens is 384 g/mol. The monoisotopic (exact) mass is 414 g/mol. The normalized spacial score (nSPS) is 21.3. The summed E-state index contributed by atoms with van der Waals surface area (Å²) >= 11 is 6.40. The van der Waals surface area contributed by atoms with E-state index >= 15 is 0 Å². The van der Waals surface area contributed by atoms with E-state index in [9.17, 15) is 0 Å². The average Bonchev–Trinajstić information content (AvgIpc) is 3.44. The van der Waals surface area contributed by atoms with Crippen molar-refractivity contribution >= 4 is 17.3 Å². The molecule has 1 aromatic heterocycles. The van der Waals surface area contributed by atoms with Crippen molar-refractivity contribution in [2.24, 2.45) is 5.92 Å². The highest BCUT2D eigenvalue weighted by Crippen LogP contribution is 2.42. The number of nitrogens with one attached hydrogen (secondary N) is 1. The van der Waals surface area contributed by atoms with Gasteiger partial charge in [0.1, 0.15) is 11.6 Å². The van der Waals surface area contributed by atoms with Crippen LogP contribution < -0.4 is 10.5 Å². The van der Waals surface area contributed by atoms with Gasteiger partial charge in [0.2, 0.25) is 0 Å². The lowest BCUT2D eigenvalue weighted by Gasteiger charge is -2.35. The number of fused-ring (bicyclic) bond motifs is 1. The van der Waals surface area contributed by atoms with Crippen LogP contribution in [-0.4, -0.2) is 40.6 Å². The van der Waals surface area contributed by atoms with Crippen LogP contribution >= 0.6 is 11.6 Å². The van der Waals surface area contributed by atoms with Gasteiger partial charge in [-0.05, 0) is 70.0 Å². The quantitative estimate of drug-likeness (QED) is 0.703. The molecule has 0 radical (unpaired) electrons. The van der Waals surface area contributed by atoms with E-state index in [-0.39, 0.29) is 0 Å². The Bertz CT molecular complexity index is 866. The third kappa shape index (κ3) is 3.87. The number of hydrogen-bond donors (Lipinski definition) is 2. The number of ether oxygens (including phenoxy) is 1. The Hall–Kier alpha value is -1.72. The summed E-state index contributed by atoms with van der Waals surface area (Å²) in [7, 11) is 0. The van der Waals surface area contributed by atoms with E-state index in [0.29, 0.717) is 17.3 Å². The van der Waals surface area contributed by atoms with Crippen molar-refractivity contribution in [1.82, 2.24) is 14.9 Å². The maximum absolute atomic E-state index is 6.40. The largest absolute Gasteiger partial charge is 0.492 e. The number of anilines is 1. The Morgan fingerprint density at radius 2 is 1.97 bits per heavy atom. The first-order valence-corrected chi connectivity index (χ1v) is 11.6. The molecule has 1 aliphatic carbocycles. The van der Waals surface area contributed by atoms with Gasteiger partial charge < -0.3 is 20.4 Å². The number of rotatable bonds is 4. The van der Waals surface area contributed by atoms with Gasteiger partial charge in [0, 0.05) is 23.5 Å². The van der Waals surface area contributed by atoms with Gasteiger partial charge in [0.05, 0.1) is 22.9 Å². The van der Waals surface area contributed by atoms with Gasteiger partial charge in [-0.25, -0.2) is 4.98 Å². The zero-order valence-corrected chi connectivity index (χ0v) is 17.8. The summed E-state index contributed by atoms with van der Waals surface area (Å²) in [5.74, 6) is 2.42. The summed E-state index contributed by atoms with van der Waals surface area (Å²) in [5.41, 5.74) is 9.99. The molecule has 1 aromatic carbocycles. The predicted molar refractivity (Wildman–Crippen MR) is 118 cm³/mol. The first-order chi connectivity index (χ1) is 14.2. The number of likely N-dealkylation sites (tertiary alicyclic amines) is 1. The second kappa shape index (κ2) is 8.19. The molecule has 1 saturated heterocycles. The van der Waals surface area contributed by atoms with E-state index in [1.807, 2.05) is 12.3 Å². The number of aromatic nitrogens is 2. The predicted octanol–water partition coefficient (Wildman–Crippen LogP) is 4.83. The lowest BCUT2D eigenvalue weighted by molar-refractivity contribution is 0.134. The van der Waals surface area contributed by atoms with E-state index in [0.717, 1.165) is 53.9 Å². The van der Waals surface area contributed by atoms with E-state index < -0.39 is 0 Å². The van der Waals surface area contributed by atoms with Crippen molar-refractivity contribution in [3.8, 4) is 17.1 Å². The van der Waals surface area contributed by atoms with E-state index in [4.69, 9.17) is 22.1 Å². The topological polar surface area (TPSA) is 67.2 Å². The number of hydrogen-bond acceptors (Lipinski definition) is 4. The van der Waals surface area contributed by atoms with Crippen LogP contribution in [0.25, 0.3) is 11.4 Å². The molecule has 2 aromatic rings. The second-order valence-electron chi connectivity index (χ2n) is 8.96. The number of aromatic amines is 1. The van der Waals surface area contributed by atoms with Gasteiger partial charge in [-0.1, -0.05) is 24.4 Å². The molecular formula is C23H31ClN4O. The van der Waals surface area contributed by atoms with Crippen molar-refractivity contribution in [3.05, 3.63) is 28.5 Å². The maximum Gasteiger partial charge on any atom is 0.141 e. The highest BCUT2D eigenvalue weighted by atomic mass is 35.5. The summed E-state index contributed by atoms with van der Waals surface area (Å²) in [5, 5.41) is 0.585. The number of H-pyrrole nitrogens is 1. The highest BCUT2D eigenvalue weighted by molar-refractivity contribution is 6.33. The molecule has 5 nitrogen and oxygen atoms in total. The van der Waals surface area contributed by atoms with Gasteiger partial charge in [-0.15, -0.1) is 0 Å². The van der Waals surface area contributed by atoms with Crippen molar-refractivity contribution in [2.75, 3.05) is 25.4 Å². The van der Waals surface area contributed by atoms with Crippen LogP contribution in [0.4, 0.5) is 5.69 Å². The molecule has 3 aliphatic rings. The summed E-state index contributed by atoms with van der Waals surface area (Å²) in [6.45, 7) is 3.23. The number of nitrogens with zero attached hydrogens (tertiary/aromatic N) is 2. The Labute approximate surface area is 178 Å². The summed E-state index contributed by atoms with van der Waals surface area (Å²) in [6, 6.07) is 2.75. The van der Waals surface area contributed by atoms with Crippen molar-refractivity contribution < 1.29 is 4.74 Å². The fraction of sp³-hybridized carbons (Fsp3) is 0.609. The van der Waals surface area contributed by atoms with Gasteiger partial charge in [-0.2, -0.15) is 0 Å². The maximum atomic E-state index is 6.40. The highest BCUT2D eigenvalue weighted by Gasteiger charge is 2.28. The number of nitrogens with two attached hydrogens (primary N) is 1. The molecule has 1 saturated carbocycles. The van der Waals surface area contributed by atoms with E-state index in [2.05, 4.69) is 14.9 Å². The summed E-state index contributed by atoms with van der Waals surface area (Å²) < 4.78 is 5.96.